The summed E-state index contributed by atoms with van der Waals surface area (Å²) in [5.41, 5.74) is 1.16. The first kappa shape index (κ1) is 19.4. The summed E-state index contributed by atoms with van der Waals surface area (Å²) in [6.45, 7) is 0.602. The van der Waals surface area contributed by atoms with E-state index in [9.17, 15) is 0 Å². The first-order valence-corrected chi connectivity index (χ1v) is 3.64. The van der Waals surface area contributed by atoms with E-state index in [1.807, 2.05) is 30.3 Å². The molecule has 0 aliphatic heterocycles. The molecule has 0 saturated carbocycles. The predicted octanol–water partition coefficient (Wildman–Crippen LogP) is -3.97. The average Bonchev–Trinajstić information content (AvgIpc) is 2.03. The van der Waals surface area contributed by atoms with Crippen molar-refractivity contribution in [2.45, 2.75) is 6.61 Å². The molecule has 0 radical (unpaired) electrons. The topological polar surface area (TPSA) is 9.23 Å². The van der Waals surface area contributed by atoms with Crippen molar-refractivity contribution in [2.24, 2.45) is 0 Å². The molecule has 0 N–H and O–H groups in total. The monoisotopic (exact) mass is 250 g/mol. The molecule has 13 heavy (non-hydrogen) atoms. The molecule has 0 heterocycles. The molecule has 1 rings (SSSR count). The van der Waals surface area contributed by atoms with Gasteiger partial charge in [0, 0.05) is 0 Å². The molecule has 1 nitrogen and oxygen atoms in total. The molecule has 70 valence electrons. The summed E-state index contributed by atoms with van der Waals surface area (Å²) in [7, 11) is 0. The van der Waals surface area contributed by atoms with Gasteiger partial charge in [-0.3, -0.25) is 0 Å². The number of benzene rings is 1. The fraction of sp³-hybridized carbons (Fsp3) is 0.250. The zero-order valence-electron chi connectivity index (χ0n) is 7.05. The predicted molar refractivity (Wildman–Crippen MR) is 47.7 cm³/mol. The Bertz CT molecular complexity index is 184. The number of hydrogen-bond acceptors (Lipinski definition) is 1. The first-order valence-electron chi connectivity index (χ1n) is 3.11. The van der Waals surface area contributed by atoms with Crippen LogP contribution in [0.2, 0.25) is 0 Å². The van der Waals surface area contributed by atoms with Gasteiger partial charge in [-0.25, -0.2) is 0 Å². The van der Waals surface area contributed by atoms with Crippen molar-refractivity contribution in [3.8, 4) is 0 Å². The minimum absolute atomic E-state index is 0. The fourth-order valence-electron chi connectivity index (χ4n) is 0.731. The van der Waals surface area contributed by atoms with Crippen molar-refractivity contribution in [2.75, 3.05) is 6.07 Å². The van der Waals surface area contributed by atoms with E-state index in [4.69, 9.17) is 16.3 Å². The van der Waals surface area contributed by atoms with E-state index >= 15 is 0 Å². The Morgan fingerprint density at radius 2 is 1.62 bits per heavy atom. The zero-order valence-corrected chi connectivity index (χ0v) is 10.7. The maximum absolute atomic E-state index is 5.33. The second kappa shape index (κ2) is 12.8. The van der Waals surface area contributed by atoms with Crippen molar-refractivity contribution >= 4 is 34.7 Å². The van der Waals surface area contributed by atoms with E-state index in [-0.39, 0.29) is 53.9 Å². The number of ether oxygens (including phenoxy) is 1. The summed E-state index contributed by atoms with van der Waals surface area (Å²) >= 11 is 5.33. The average molecular weight is 252 g/mol. The molecule has 0 bridgehead atoms. The molecule has 0 aliphatic carbocycles. The largest absolute Gasteiger partial charge is 2.00 e. The minimum atomic E-state index is 0. The van der Waals surface area contributed by atoms with Crippen LogP contribution >= 0.6 is 11.6 Å². The van der Waals surface area contributed by atoms with Gasteiger partial charge in [-0.15, -0.1) is 0 Å². The Labute approximate surface area is 112 Å². The number of alkyl halides is 1. The Morgan fingerprint density at radius 1 is 1.08 bits per heavy atom. The van der Waals surface area contributed by atoms with E-state index in [1.54, 1.807) is 0 Å². The fourth-order valence-corrected chi connectivity index (χ4v) is 0.808. The Balaban J connectivity index is -0.000000333. The molecule has 0 unspecified atom stereocenters. The summed E-state index contributed by atoms with van der Waals surface area (Å²) in [6, 6.07) is 10.2. The maximum atomic E-state index is 5.33. The number of rotatable bonds is 3. The molecule has 0 atom stereocenters. The van der Waals surface area contributed by atoms with Gasteiger partial charge in [0.1, 0.15) is 6.07 Å². The molecule has 5 heteroatoms. The summed E-state index contributed by atoms with van der Waals surface area (Å²) < 4.78 is 4.98. The molecular formula is C8H9Cl3MgO. The first-order chi connectivity index (χ1) is 4.93. The Kier molecular flexibility index (Phi) is 19.1. The SMILES string of the molecule is ClCOCc1ccccc1.[Cl-].[Cl-].[Mg+2]. The van der Waals surface area contributed by atoms with Crippen LogP contribution in [0.4, 0.5) is 0 Å². The normalized spacial score (nSPS) is 7.46. The molecule has 0 aliphatic rings. The molecule has 1 aromatic rings. The van der Waals surface area contributed by atoms with Crippen LogP contribution < -0.4 is 24.8 Å². The van der Waals surface area contributed by atoms with Crippen molar-refractivity contribution in [3.05, 3.63) is 35.9 Å². The van der Waals surface area contributed by atoms with Crippen molar-refractivity contribution < 1.29 is 29.6 Å². The van der Waals surface area contributed by atoms with Gasteiger partial charge >= 0.3 is 23.1 Å². The van der Waals surface area contributed by atoms with Crippen LogP contribution in [0.15, 0.2) is 30.3 Å². The molecule has 0 amide bonds. The zero-order chi connectivity index (χ0) is 7.23. The van der Waals surface area contributed by atoms with E-state index < -0.39 is 0 Å². The van der Waals surface area contributed by atoms with Gasteiger partial charge in [0.2, 0.25) is 0 Å². The van der Waals surface area contributed by atoms with E-state index in [2.05, 4.69) is 0 Å². The summed E-state index contributed by atoms with van der Waals surface area (Å²) in [5, 5.41) is 0. The van der Waals surface area contributed by atoms with Crippen LogP contribution in [0.1, 0.15) is 5.56 Å². The molecular weight excluding hydrogens is 243 g/mol. The van der Waals surface area contributed by atoms with Crippen molar-refractivity contribution in [3.63, 3.8) is 0 Å². The van der Waals surface area contributed by atoms with E-state index in [0.29, 0.717) is 6.61 Å². The van der Waals surface area contributed by atoms with Gasteiger partial charge in [-0.05, 0) is 5.56 Å². The van der Waals surface area contributed by atoms with Crippen LogP contribution in [-0.2, 0) is 11.3 Å². The van der Waals surface area contributed by atoms with Crippen LogP contribution in [0.5, 0.6) is 0 Å². The number of hydrogen-bond donors (Lipinski definition) is 0. The number of halogens is 3. The van der Waals surface area contributed by atoms with Crippen LogP contribution in [0, 0.1) is 0 Å². The molecule has 0 aromatic heterocycles. The Morgan fingerprint density at radius 3 is 2.08 bits per heavy atom. The molecule has 1 aromatic carbocycles. The van der Waals surface area contributed by atoms with E-state index in [1.165, 1.54) is 0 Å². The van der Waals surface area contributed by atoms with E-state index in [0.717, 1.165) is 5.56 Å². The summed E-state index contributed by atoms with van der Waals surface area (Å²) in [6.07, 6.45) is 0. The standard InChI is InChI=1S/C8H9ClO.2ClH.Mg/c9-7-10-6-8-4-2-1-3-5-8;;;/h1-5H,6-7H2;2*1H;/q;;;+2/p-2. The second-order valence-electron chi connectivity index (χ2n) is 1.94. The van der Waals surface area contributed by atoms with Crippen LogP contribution in [0.25, 0.3) is 0 Å². The van der Waals surface area contributed by atoms with Gasteiger partial charge < -0.3 is 29.6 Å². The maximum Gasteiger partial charge on any atom is 2.00 e. The van der Waals surface area contributed by atoms with Gasteiger partial charge in [-0.1, -0.05) is 41.9 Å². The molecule has 0 fully saturated rings. The molecule has 0 spiro atoms. The van der Waals surface area contributed by atoms with Gasteiger partial charge in [-0.2, -0.15) is 0 Å². The van der Waals surface area contributed by atoms with Gasteiger partial charge in [0.15, 0.2) is 0 Å². The minimum Gasteiger partial charge on any atom is -1.00 e. The van der Waals surface area contributed by atoms with Crippen molar-refractivity contribution in [1.82, 2.24) is 0 Å². The van der Waals surface area contributed by atoms with Gasteiger partial charge in [0.25, 0.3) is 0 Å². The third kappa shape index (κ3) is 9.13. The summed E-state index contributed by atoms with van der Waals surface area (Å²) in [5.74, 6) is 0. The van der Waals surface area contributed by atoms with Crippen molar-refractivity contribution in [1.29, 1.82) is 0 Å². The second-order valence-corrected chi connectivity index (χ2v) is 2.16. The van der Waals surface area contributed by atoms with Gasteiger partial charge in [0.05, 0.1) is 6.61 Å². The third-order valence-electron chi connectivity index (χ3n) is 1.19. The van der Waals surface area contributed by atoms with Crippen LogP contribution in [0.3, 0.4) is 0 Å². The smallest absolute Gasteiger partial charge is 1.00 e. The van der Waals surface area contributed by atoms with Crippen LogP contribution in [-0.4, -0.2) is 29.1 Å². The summed E-state index contributed by atoms with van der Waals surface area (Å²) in [4.78, 5) is 0. The third-order valence-corrected chi connectivity index (χ3v) is 1.34. The molecule has 0 saturated heterocycles. The quantitative estimate of drug-likeness (QED) is 0.394. The Hall–Kier alpha value is 0.816.